The van der Waals surface area contributed by atoms with Gasteiger partial charge in [-0.2, -0.15) is 0 Å². The second kappa shape index (κ2) is 5.46. The molecule has 3 rings (SSSR count). The predicted octanol–water partition coefficient (Wildman–Crippen LogP) is 3.79. The Labute approximate surface area is 126 Å². The molecule has 2 aromatic rings. The van der Waals surface area contributed by atoms with Crippen LogP contribution in [0.3, 0.4) is 0 Å². The van der Waals surface area contributed by atoms with E-state index in [0.717, 1.165) is 30.6 Å². The Balaban J connectivity index is 1.79. The van der Waals surface area contributed by atoms with Crippen molar-refractivity contribution in [3.8, 4) is 0 Å². The van der Waals surface area contributed by atoms with Gasteiger partial charge in [0.25, 0.3) is 5.91 Å². The van der Waals surface area contributed by atoms with Crippen molar-refractivity contribution in [2.45, 2.75) is 25.3 Å². The van der Waals surface area contributed by atoms with Crippen LogP contribution in [0.15, 0.2) is 29.0 Å². The highest BCUT2D eigenvalue weighted by molar-refractivity contribution is 6.41. The van der Waals surface area contributed by atoms with Gasteiger partial charge in [0, 0.05) is 18.2 Å². The van der Waals surface area contributed by atoms with Gasteiger partial charge in [0.2, 0.25) is 0 Å². The fourth-order valence-corrected chi connectivity index (χ4v) is 2.69. The fraction of sp³-hybridized carbons (Fsp3) is 0.286. The topological polar surface area (TPSA) is 55.1 Å². The summed E-state index contributed by atoms with van der Waals surface area (Å²) in [5.74, 6) is 0.740. The number of aromatic nitrogens is 1. The molecule has 104 valence electrons. The van der Waals surface area contributed by atoms with E-state index in [-0.39, 0.29) is 22.1 Å². The van der Waals surface area contributed by atoms with Crippen molar-refractivity contribution >= 4 is 29.1 Å². The molecule has 0 saturated heterocycles. The molecule has 2 aromatic heterocycles. The third-order valence-corrected chi connectivity index (χ3v) is 4.10. The van der Waals surface area contributed by atoms with Gasteiger partial charge in [0.05, 0.1) is 22.9 Å². The molecular weight excluding hydrogens is 299 g/mol. The third kappa shape index (κ3) is 2.53. The first kappa shape index (κ1) is 13.5. The van der Waals surface area contributed by atoms with Gasteiger partial charge in [-0.05, 0) is 25.0 Å². The summed E-state index contributed by atoms with van der Waals surface area (Å²) in [6, 6.07) is 3.40. The second-order valence-corrected chi connectivity index (χ2v) is 5.48. The lowest BCUT2D eigenvalue weighted by Crippen LogP contribution is -2.30. The Morgan fingerprint density at radius 2 is 2.30 bits per heavy atom. The van der Waals surface area contributed by atoms with E-state index in [4.69, 9.17) is 27.6 Å². The Kier molecular flexibility index (Phi) is 3.68. The van der Waals surface area contributed by atoms with Crippen LogP contribution >= 0.6 is 23.2 Å². The van der Waals surface area contributed by atoms with Crippen LogP contribution in [0.4, 0.5) is 0 Å². The van der Waals surface area contributed by atoms with E-state index < -0.39 is 0 Å². The smallest absolute Gasteiger partial charge is 0.253 e. The van der Waals surface area contributed by atoms with Crippen LogP contribution in [0.5, 0.6) is 0 Å². The molecule has 2 heterocycles. The van der Waals surface area contributed by atoms with E-state index in [0.29, 0.717) is 5.56 Å². The highest BCUT2D eigenvalue weighted by atomic mass is 35.5. The molecule has 0 fully saturated rings. The van der Waals surface area contributed by atoms with Crippen LogP contribution in [0.2, 0.25) is 10.2 Å². The summed E-state index contributed by atoms with van der Waals surface area (Å²) >= 11 is 11.6. The molecule has 1 unspecified atom stereocenters. The van der Waals surface area contributed by atoms with Gasteiger partial charge < -0.3 is 9.73 Å². The van der Waals surface area contributed by atoms with E-state index in [1.165, 1.54) is 12.3 Å². The molecular formula is C14H12Cl2N2O2. The maximum Gasteiger partial charge on any atom is 0.253 e. The number of fused-ring (bicyclic) bond motifs is 1. The summed E-state index contributed by atoms with van der Waals surface area (Å²) in [6.07, 6.45) is 5.89. The molecule has 0 bridgehead atoms. The monoisotopic (exact) mass is 310 g/mol. The Hall–Kier alpha value is -1.52. The average Bonchev–Trinajstić information content (AvgIpc) is 2.91. The number of nitrogens with zero attached hydrogens (tertiary/aromatic N) is 1. The minimum atomic E-state index is -0.213. The van der Waals surface area contributed by atoms with Gasteiger partial charge in [0.15, 0.2) is 0 Å². The number of rotatable bonds is 2. The first-order chi connectivity index (χ1) is 9.65. The number of carbonyl (C=O) groups excluding carboxylic acids is 1. The summed E-state index contributed by atoms with van der Waals surface area (Å²) in [4.78, 5) is 16.1. The number of hydrogen-bond donors (Lipinski definition) is 1. The zero-order valence-corrected chi connectivity index (χ0v) is 12.0. The number of hydrogen-bond acceptors (Lipinski definition) is 3. The standard InChI is InChI=1S/C14H12Cl2N2O2/c15-10-6-8(7-17-13(10)16)14(19)18-11-2-1-3-12-9(11)4-5-20-12/h4-7,11H,1-3H2,(H,18,19). The average molecular weight is 311 g/mol. The van der Waals surface area contributed by atoms with E-state index in [2.05, 4.69) is 10.3 Å². The predicted molar refractivity (Wildman–Crippen MR) is 76.1 cm³/mol. The van der Waals surface area contributed by atoms with Crippen molar-refractivity contribution in [2.24, 2.45) is 0 Å². The second-order valence-electron chi connectivity index (χ2n) is 4.71. The van der Waals surface area contributed by atoms with Gasteiger partial charge in [0.1, 0.15) is 10.9 Å². The Morgan fingerprint density at radius 1 is 1.45 bits per heavy atom. The number of halogens is 2. The first-order valence-corrected chi connectivity index (χ1v) is 7.09. The van der Waals surface area contributed by atoms with E-state index >= 15 is 0 Å². The Bertz CT molecular complexity index is 654. The normalized spacial score (nSPS) is 17.6. The minimum Gasteiger partial charge on any atom is -0.469 e. The number of carbonyl (C=O) groups is 1. The van der Waals surface area contributed by atoms with Crippen molar-refractivity contribution < 1.29 is 9.21 Å². The SMILES string of the molecule is O=C(NC1CCCc2occc21)c1cnc(Cl)c(Cl)c1. The number of amides is 1. The van der Waals surface area contributed by atoms with Crippen LogP contribution in [0, 0.1) is 0 Å². The molecule has 0 radical (unpaired) electrons. The molecule has 1 aliphatic rings. The number of nitrogens with one attached hydrogen (secondary N) is 1. The molecule has 6 heteroatoms. The van der Waals surface area contributed by atoms with Crippen molar-refractivity contribution in [1.82, 2.24) is 10.3 Å². The molecule has 0 spiro atoms. The molecule has 1 amide bonds. The molecule has 0 saturated carbocycles. The molecule has 4 nitrogen and oxygen atoms in total. The van der Waals surface area contributed by atoms with E-state index in [1.54, 1.807) is 6.26 Å². The largest absolute Gasteiger partial charge is 0.469 e. The number of aryl methyl sites for hydroxylation is 1. The number of furan rings is 1. The van der Waals surface area contributed by atoms with Crippen molar-refractivity contribution in [3.05, 3.63) is 51.7 Å². The molecule has 1 atom stereocenters. The third-order valence-electron chi connectivity index (χ3n) is 3.42. The van der Waals surface area contributed by atoms with Gasteiger partial charge in [-0.3, -0.25) is 4.79 Å². The molecule has 1 N–H and O–H groups in total. The van der Waals surface area contributed by atoms with Crippen LogP contribution in [0.1, 0.15) is 40.6 Å². The molecule has 20 heavy (non-hydrogen) atoms. The molecule has 0 aromatic carbocycles. The summed E-state index contributed by atoms with van der Waals surface area (Å²) in [7, 11) is 0. The van der Waals surface area contributed by atoms with Gasteiger partial charge >= 0.3 is 0 Å². The fourth-order valence-electron chi connectivity index (χ4n) is 2.42. The van der Waals surface area contributed by atoms with E-state index in [9.17, 15) is 4.79 Å². The summed E-state index contributed by atoms with van der Waals surface area (Å²) in [5.41, 5.74) is 1.45. The zero-order valence-electron chi connectivity index (χ0n) is 10.5. The number of pyridine rings is 1. The van der Waals surface area contributed by atoms with Crippen molar-refractivity contribution in [3.63, 3.8) is 0 Å². The lowest BCUT2D eigenvalue weighted by Gasteiger charge is -2.22. The molecule has 0 aliphatic heterocycles. The lowest BCUT2D eigenvalue weighted by molar-refractivity contribution is 0.0932. The lowest BCUT2D eigenvalue weighted by atomic mass is 9.93. The van der Waals surface area contributed by atoms with Crippen LogP contribution in [-0.2, 0) is 6.42 Å². The van der Waals surface area contributed by atoms with Crippen LogP contribution < -0.4 is 5.32 Å². The van der Waals surface area contributed by atoms with Gasteiger partial charge in [-0.1, -0.05) is 23.2 Å². The highest BCUT2D eigenvalue weighted by Gasteiger charge is 2.24. The van der Waals surface area contributed by atoms with Crippen molar-refractivity contribution in [2.75, 3.05) is 0 Å². The van der Waals surface area contributed by atoms with Crippen LogP contribution in [0.25, 0.3) is 0 Å². The zero-order chi connectivity index (χ0) is 14.1. The minimum absolute atomic E-state index is 0.0283. The van der Waals surface area contributed by atoms with Crippen molar-refractivity contribution in [1.29, 1.82) is 0 Å². The van der Waals surface area contributed by atoms with Gasteiger partial charge in [-0.25, -0.2) is 4.98 Å². The Morgan fingerprint density at radius 3 is 3.10 bits per heavy atom. The van der Waals surface area contributed by atoms with Crippen LogP contribution in [-0.4, -0.2) is 10.9 Å². The first-order valence-electron chi connectivity index (χ1n) is 6.33. The maximum absolute atomic E-state index is 12.2. The quantitative estimate of drug-likeness (QED) is 0.859. The molecule has 1 aliphatic carbocycles. The summed E-state index contributed by atoms with van der Waals surface area (Å²) in [5, 5.41) is 3.45. The highest BCUT2D eigenvalue weighted by Crippen LogP contribution is 2.30. The van der Waals surface area contributed by atoms with Gasteiger partial charge in [-0.15, -0.1) is 0 Å². The maximum atomic E-state index is 12.2. The van der Waals surface area contributed by atoms with E-state index in [1.807, 2.05) is 6.07 Å². The summed E-state index contributed by atoms with van der Waals surface area (Å²) < 4.78 is 5.41. The summed E-state index contributed by atoms with van der Waals surface area (Å²) in [6.45, 7) is 0.